The minimum Gasteiger partial charge on any atom is -0.383 e. The Hall–Kier alpha value is -2.10. The molecular weight excluding hydrogens is 224 g/mol. The molecule has 2 aromatic rings. The van der Waals surface area contributed by atoms with Gasteiger partial charge in [0.15, 0.2) is 0 Å². The number of benzene rings is 1. The fourth-order valence-corrected chi connectivity index (χ4v) is 2.76. The lowest BCUT2D eigenvalue weighted by Crippen LogP contribution is -2.14. The van der Waals surface area contributed by atoms with Crippen LogP contribution in [0.25, 0.3) is 0 Å². The summed E-state index contributed by atoms with van der Waals surface area (Å²) in [5.74, 6) is 1.04. The van der Waals surface area contributed by atoms with E-state index < -0.39 is 0 Å². The first kappa shape index (κ1) is 11.0. The molecule has 1 aliphatic carbocycles. The van der Waals surface area contributed by atoms with E-state index in [1.807, 2.05) is 0 Å². The van der Waals surface area contributed by atoms with Crippen LogP contribution in [0.5, 0.6) is 0 Å². The van der Waals surface area contributed by atoms with Crippen molar-refractivity contribution in [1.82, 2.24) is 9.97 Å². The van der Waals surface area contributed by atoms with Crippen molar-refractivity contribution in [3.8, 4) is 0 Å². The Bertz CT molecular complexity index is 580. The van der Waals surface area contributed by atoms with Crippen molar-refractivity contribution in [3.05, 3.63) is 47.2 Å². The smallest absolute Gasteiger partial charge is 0.221 e. The summed E-state index contributed by atoms with van der Waals surface area (Å²) in [4.78, 5) is 8.14. The highest BCUT2D eigenvalue weighted by molar-refractivity contribution is 5.49. The molecule has 1 aromatic carbocycles. The van der Waals surface area contributed by atoms with Crippen LogP contribution in [0.4, 0.5) is 11.8 Å². The average molecular weight is 240 g/mol. The standard InChI is InChI=1S/C14H16N4/c15-13-12(8-17-14(16)18-13)11-7-3-5-9-4-1-2-6-10(9)11/h1-2,4,6,8,11H,3,5,7H2,(H4,15,16,17,18)/t11-/m0/s1. The fraction of sp³-hybridized carbons (Fsp3) is 0.286. The van der Waals surface area contributed by atoms with E-state index in [4.69, 9.17) is 11.5 Å². The molecule has 1 heterocycles. The van der Waals surface area contributed by atoms with Gasteiger partial charge in [0.05, 0.1) is 0 Å². The quantitative estimate of drug-likeness (QED) is 0.800. The van der Waals surface area contributed by atoms with Crippen molar-refractivity contribution in [2.75, 3.05) is 11.5 Å². The Kier molecular flexibility index (Phi) is 2.63. The van der Waals surface area contributed by atoms with Gasteiger partial charge in [0.25, 0.3) is 0 Å². The van der Waals surface area contributed by atoms with Gasteiger partial charge in [-0.1, -0.05) is 24.3 Å². The van der Waals surface area contributed by atoms with E-state index in [0.717, 1.165) is 18.4 Å². The molecule has 18 heavy (non-hydrogen) atoms. The summed E-state index contributed by atoms with van der Waals surface area (Å²) in [5.41, 5.74) is 15.3. The van der Waals surface area contributed by atoms with Crippen LogP contribution in [-0.4, -0.2) is 9.97 Å². The van der Waals surface area contributed by atoms with Gasteiger partial charge in [-0.15, -0.1) is 0 Å². The third-order valence-corrected chi connectivity index (χ3v) is 3.61. The number of aromatic nitrogens is 2. The highest BCUT2D eigenvalue weighted by atomic mass is 15.0. The van der Waals surface area contributed by atoms with Gasteiger partial charge >= 0.3 is 0 Å². The van der Waals surface area contributed by atoms with Crippen LogP contribution >= 0.6 is 0 Å². The van der Waals surface area contributed by atoms with E-state index >= 15 is 0 Å². The summed E-state index contributed by atoms with van der Waals surface area (Å²) in [7, 11) is 0. The Morgan fingerprint density at radius 1 is 1.11 bits per heavy atom. The monoisotopic (exact) mass is 240 g/mol. The second-order valence-electron chi connectivity index (χ2n) is 4.71. The molecule has 1 atom stereocenters. The Morgan fingerprint density at radius 3 is 2.78 bits per heavy atom. The SMILES string of the molecule is Nc1ncc([C@H]2CCCc3ccccc32)c(N)n1. The van der Waals surface area contributed by atoms with E-state index in [2.05, 4.69) is 34.2 Å². The van der Waals surface area contributed by atoms with Gasteiger partial charge in [-0.2, -0.15) is 4.98 Å². The molecule has 4 nitrogen and oxygen atoms in total. The molecule has 0 amide bonds. The highest BCUT2D eigenvalue weighted by Crippen LogP contribution is 2.37. The first-order valence-corrected chi connectivity index (χ1v) is 6.21. The van der Waals surface area contributed by atoms with Gasteiger partial charge in [0, 0.05) is 17.7 Å². The fourth-order valence-electron chi connectivity index (χ4n) is 2.76. The van der Waals surface area contributed by atoms with E-state index in [1.54, 1.807) is 6.20 Å². The minimum atomic E-state index is 0.236. The summed E-state index contributed by atoms with van der Waals surface area (Å²) in [6.07, 6.45) is 5.17. The van der Waals surface area contributed by atoms with Crippen LogP contribution in [0.15, 0.2) is 30.5 Å². The van der Waals surface area contributed by atoms with Crippen LogP contribution in [0.3, 0.4) is 0 Å². The maximum Gasteiger partial charge on any atom is 0.221 e. The zero-order valence-corrected chi connectivity index (χ0v) is 10.1. The van der Waals surface area contributed by atoms with Crippen molar-refractivity contribution in [3.63, 3.8) is 0 Å². The molecule has 0 saturated heterocycles. The van der Waals surface area contributed by atoms with Crippen molar-refractivity contribution < 1.29 is 0 Å². The largest absolute Gasteiger partial charge is 0.383 e. The molecule has 4 N–H and O–H groups in total. The van der Waals surface area contributed by atoms with Crippen LogP contribution in [0.1, 0.15) is 35.4 Å². The van der Waals surface area contributed by atoms with Crippen molar-refractivity contribution >= 4 is 11.8 Å². The summed E-state index contributed by atoms with van der Waals surface area (Å²) >= 11 is 0. The van der Waals surface area contributed by atoms with E-state index in [0.29, 0.717) is 11.7 Å². The zero-order valence-electron chi connectivity index (χ0n) is 10.1. The molecule has 1 aromatic heterocycles. The number of hydrogen-bond donors (Lipinski definition) is 2. The van der Waals surface area contributed by atoms with Crippen LogP contribution in [0.2, 0.25) is 0 Å². The van der Waals surface area contributed by atoms with Crippen molar-refractivity contribution in [2.45, 2.75) is 25.2 Å². The predicted molar refractivity (Wildman–Crippen MR) is 72.1 cm³/mol. The lowest BCUT2D eigenvalue weighted by atomic mass is 9.79. The predicted octanol–water partition coefficient (Wildman–Crippen LogP) is 2.11. The molecular formula is C14H16N4. The number of nitrogen functional groups attached to an aromatic ring is 2. The molecule has 1 aliphatic rings. The van der Waals surface area contributed by atoms with Gasteiger partial charge in [-0.3, -0.25) is 0 Å². The van der Waals surface area contributed by atoms with E-state index in [-0.39, 0.29) is 5.95 Å². The summed E-state index contributed by atoms with van der Waals surface area (Å²) in [5, 5.41) is 0. The number of rotatable bonds is 1. The Labute approximate surface area is 106 Å². The molecule has 0 saturated carbocycles. The van der Waals surface area contributed by atoms with Gasteiger partial charge in [-0.05, 0) is 30.4 Å². The lowest BCUT2D eigenvalue weighted by Gasteiger charge is -2.26. The number of nitrogens with two attached hydrogens (primary N) is 2. The van der Waals surface area contributed by atoms with Gasteiger partial charge in [-0.25, -0.2) is 4.98 Å². The molecule has 0 unspecified atom stereocenters. The normalized spacial score (nSPS) is 18.3. The Balaban J connectivity index is 2.08. The third kappa shape index (κ3) is 1.79. The molecule has 0 spiro atoms. The third-order valence-electron chi connectivity index (χ3n) is 3.61. The van der Waals surface area contributed by atoms with Crippen molar-refractivity contribution in [1.29, 1.82) is 0 Å². The molecule has 3 rings (SSSR count). The van der Waals surface area contributed by atoms with Crippen LogP contribution < -0.4 is 11.5 Å². The maximum atomic E-state index is 5.98. The minimum absolute atomic E-state index is 0.236. The van der Waals surface area contributed by atoms with Gasteiger partial charge < -0.3 is 11.5 Å². The van der Waals surface area contributed by atoms with E-state index in [1.165, 1.54) is 17.5 Å². The topological polar surface area (TPSA) is 77.8 Å². The maximum absolute atomic E-state index is 5.98. The van der Waals surface area contributed by atoms with Gasteiger partial charge in [0.2, 0.25) is 5.95 Å². The van der Waals surface area contributed by atoms with Gasteiger partial charge in [0.1, 0.15) is 5.82 Å². The van der Waals surface area contributed by atoms with Crippen LogP contribution in [0, 0.1) is 0 Å². The highest BCUT2D eigenvalue weighted by Gasteiger charge is 2.23. The molecule has 0 bridgehead atoms. The Morgan fingerprint density at radius 2 is 1.94 bits per heavy atom. The van der Waals surface area contributed by atoms with Crippen molar-refractivity contribution in [2.24, 2.45) is 0 Å². The zero-order chi connectivity index (χ0) is 12.5. The first-order valence-electron chi connectivity index (χ1n) is 6.21. The number of nitrogens with zero attached hydrogens (tertiary/aromatic N) is 2. The summed E-state index contributed by atoms with van der Waals surface area (Å²) < 4.78 is 0. The summed E-state index contributed by atoms with van der Waals surface area (Å²) in [6.45, 7) is 0. The molecule has 0 fully saturated rings. The molecule has 0 aliphatic heterocycles. The molecule has 0 radical (unpaired) electrons. The number of hydrogen-bond acceptors (Lipinski definition) is 4. The first-order chi connectivity index (χ1) is 8.75. The lowest BCUT2D eigenvalue weighted by molar-refractivity contribution is 0.614. The van der Waals surface area contributed by atoms with Crippen LogP contribution in [-0.2, 0) is 6.42 Å². The molecule has 92 valence electrons. The number of anilines is 2. The van der Waals surface area contributed by atoms with E-state index in [9.17, 15) is 0 Å². The number of fused-ring (bicyclic) bond motifs is 1. The second-order valence-corrected chi connectivity index (χ2v) is 4.71. The average Bonchev–Trinajstić information content (AvgIpc) is 2.38. The summed E-state index contributed by atoms with van der Waals surface area (Å²) in [6, 6.07) is 8.53. The molecule has 4 heteroatoms. The second kappa shape index (κ2) is 4.29. The number of aryl methyl sites for hydroxylation is 1.